The van der Waals surface area contributed by atoms with E-state index in [2.05, 4.69) is 15.4 Å². The summed E-state index contributed by atoms with van der Waals surface area (Å²) < 4.78 is 24.6. The van der Waals surface area contributed by atoms with E-state index in [1.165, 1.54) is 0 Å². The molecule has 1 aromatic carbocycles. The van der Waals surface area contributed by atoms with Crippen LogP contribution in [0.1, 0.15) is 25.3 Å². The zero-order valence-electron chi connectivity index (χ0n) is 12.5. The zero-order valence-corrected chi connectivity index (χ0v) is 13.3. The zero-order chi connectivity index (χ0) is 15.7. The number of carbonyl (C=O) groups is 1. The smallest absolute Gasteiger partial charge is 0.314 e. The van der Waals surface area contributed by atoms with Crippen LogP contribution >= 0.6 is 0 Å². The van der Waals surface area contributed by atoms with Crippen LogP contribution in [0.2, 0.25) is 0 Å². The minimum absolute atomic E-state index is 0.135. The minimum Gasteiger partial charge on any atom is -0.338 e. The van der Waals surface area contributed by atoms with E-state index < -0.39 is 10.0 Å². The Hall–Kier alpha value is -1.76. The molecule has 7 heteroatoms. The van der Waals surface area contributed by atoms with Crippen molar-refractivity contribution in [1.82, 2.24) is 10.6 Å². The van der Waals surface area contributed by atoms with Gasteiger partial charge in [0.15, 0.2) is 0 Å². The highest BCUT2D eigenvalue weighted by Gasteiger charge is 2.02. The van der Waals surface area contributed by atoms with Gasteiger partial charge in [-0.1, -0.05) is 19.1 Å². The quantitative estimate of drug-likeness (QED) is 0.638. The molecule has 21 heavy (non-hydrogen) atoms. The number of benzene rings is 1. The molecule has 0 heterocycles. The first-order valence-corrected chi connectivity index (χ1v) is 8.88. The number of anilines is 1. The van der Waals surface area contributed by atoms with Gasteiger partial charge < -0.3 is 10.6 Å². The molecule has 0 saturated heterocycles. The predicted octanol–water partition coefficient (Wildman–Crippen LogP) is 1.70. The molecule has 0 atom stereocenters. The van der Waals surface area contributed by atoms with Gasteiger partial charge in [0.2, 0.25) is 10.0 Å². The van der Waals surface area contributed by atoms with Crippen molar-refractivity contribution in [1.29, 1.82) is 0 Å². The molecule has 2 amide bonds. The summed E-state index contributed by atoms with van der Waals surface area (Å²) in [5.41, 5.74) is 1.66. The Morgan fingerprint density at radius 1 is 1.10 bits per heavy atom. The molecule has 1 aromatic rings. The average Bonchev–Trinajstić information content (AvgIpc) is 2.41. The number of hydrogen-bond acceptors (Lipinski definition) is 3. The molecule has 3 N–H and O–H groups in total. The summed E-state index contributed by atoms with van der Waals surface area (Å²) in [6.45, 7) is 3.29. The van der Waals surface area contributed by atoms with Crippen LogP contribution < -0.4 is 15.4 Å². The summed E-state index contributed by atoms with van der Waals surface area (Å²) in [6.07, 6.45) is 3.70. The number of urea groups is 1. The molecule has 0 fully saturated rings. The molecule has 0 bridgehead atoms. The van der Waals surface area contributed by atoms with Crippen molar-refractivity contribution in [2.75, 3.05) is 24.1 Å². The van der Waals surface area contributed by atoms with E-state index in [1.807, 2.05) is 19.1 Å². The SMILES string of the molecule is CCCNC(=O)NCCCc1ccc(NS(C)(=O)=O)cc1. The number of rotatable bonds is 8. The van der Waals surface area contributed by atoms with Crippen LogP contribution in [0.5, 0.6) is 0 Å². The van der Waals surface area contributed by atoms with E-state index in [9.17, 15) is 13.2 Å². The van der Waals surface area contributed by atoms with Gasteiger partial charge in [-0.05, 0) is 37.0 Å². The second-order valence-corrected chi connectivity index (χ2v) is 6.61. The maximum atomic E-state index is 11.3. The third-order valence-corrected chi connectivity index (χ3v) is 3.33. The number of carbonyl (C=O) groups excluding carboxylic acids is 1. The molecular formula is C14H23N3O3S. The van der Waals surface area contributed by atoms with Crippen molar-refractivity contribution in [3.8, 4) is 0 Å². The van der Waals surface area contributed by atoms with E-state index in [4.69, 9.17) is 0 Å². The number of nitrogens with one attached hydrogen (secondary N) is 3. The van der Waals surface area contributed by atoms with Crippen molar-refractivity contribution < 1.29 is 13.2 Å². The number of amides is 2. The molecule has 0 aromatic heterocycles. The van der Waals surface area contributed by atoms with E-state index >= 15 is 0 Å². The van der Waals surface area contributed by atoms with E-state index in [-0.39, 0.29) is 6.03 Å². The summed E-state index contributed by atoms with van der Waals surface area (Å²) in [6, 6.07) is 7.09. The fraction of sp³-hybridized carbons (Fsp3) is 0.500. The summed E-state index contributed by atoms with van der Waals surface area (Å²) in [7, 11) is -3.23. The lowest BCUT2D eigenvalue weighted by Gasteiger charge is -2.07. The highest BCUT2D eigenvalue weighted by Crippen LogP contribution is 2.11. The van der Waals surface area contributed by atoms with E-state index in [1.54, 1.807) is 12.1 Å². The van der Waals surface area contributed by atoms with Gasteiger partial charge in [-0.3, -0.25) is 4.72 Å². The maximum absolute atomic E-state index is 11.3. The lowest BCUT2D eigenvalue weighted by molar-refractivity contribution is 0.241. The monoisotopic (exact) mass is 313 g/mol. The molecule has 0 spiro atoms. The molecule has 0 unspecified atom stereocenters. The third-order valence-electron chi connectivity index (χ3n) is 2.72. The molecule has 118 valence electrons. The van der Waals surface area contributed by atoms with Gasteiger partial charge in [0.25, 0.3) is 0 Å². The van der Waals surface area contributed by atoms with Crippen molar-refractivity contribution in [3.05, 3.63) is 29.8 Å². The summed E-state index contributed by atoms with van der Waals surface area (Å²) >= 11 is 0. The van der Waals surface area contributed by atoms with Gasteiger partial charge >= 0.3 is 6.03 Å². The Labute approximate surface area is 126 Å². The van der Waals surface area contributed by atoms with Crippen molar-refractivity contribution >= 4 is 21.7 Å². The first-order valence-electron chi connectivity index (χ1n) is 6.99. The normalized spacial score (nSPS) is 11.0. The van der Waals surface area contributed by atoms with Gasteiger partial charge in [-0.25, -0.2) is 13.2 Å². The Kier molecular flexibility index (Phi) is 7.01. The van der Waals surface area contributed by atoms with Crippen molar-refractivity contribution in [2.24, 2.45) is 0 Å². The molecule has 0 aliphatic heterocycles. The summed E-state index contributed by atoms with van der Waals surface area (Å²) in [5.74, 6) is 0. The number of sulfonamides is 1. The lowest BCUT2D eigenvalue weighted by atomic mass is 10.1. The summed E-state index contributed by atoms with van der Waals surface area (Å²) in [5, 5.41) is 5.53. The second-order valence-electron chi connectivity index (χ2n) is 4.86. The predicted molar refractivity (Wildman–Crippen MR) is 84.9 cm³/mol. The van der Waals surface area contributed by atoms with Gasteiger partial charge in [-0.2, -0.15) is 0 Å². The van der Waals surface area contributed by atoms with Crippen LogP contribution in [0.4, 0.5) is 10.5 Å². The molecule has 0 saturated carbocycles. The standard InChI is InChI=1S/C14H23N3O3S/c1-3-10-15-14(18)16-11-4-5-12-6-8-13(9-7-12)17-21(2,19)20/h6-9,17H,3-5,10-11H2,1-2H3,(H2,15,16,18). The molecule has 1 rings (SSSR count). The van der Waals surface area contributed by atoms with Crippen LogP contribution in [-0.4, -0.2) is 33.8 Å². The number of hydrogen-bond donors (Lipinski definition) is 3. The highest BCUT2D eigenvalue weighted by molar-refractivity contribution is 7.92. The largest absolute Gasteiger partial charge is 0.338 e. The van der Waals surface area contributed by atoms with E-state index in [0.717, 1.165) is 31.1 Å². The highest BCUT2D eigenvalue weighted by atomic mass is 32.2. The van der Waals surface area contributed by atoms with E-state index in [0.29, 0.717) is 18.8 Å². The summed E-state index contributed by atoms with van der Waals surface area (Å²) in [4.78, 5) is 11.3. The van der Waals surface area contributed by atoms with Crippen LogP contribution in [0.25, 0.3) is 0 Å². The molecule has 0 aliphatic rings. The third kappa shape index (κ3) is 8.19. The number of aryl methyl sites for hydroxylation is 1. The fourth-order valence-electron chi connectivity index (χ4n) is 1.75. The Morgan fingerprint density at radius 3 is 2.29 bits per heavy atom. The molecule has 0 aliphatic carbocycles. The minimum atomic E-state index is -3.23. The Bertz CT molecular complexity index is 541. The molecule has 6 nitrogen and oxygen atoms in total. The van der Waals surface area contributed by atoms with Crippen LogP contribution in [0.15, 0.2) is 24.3 Å². The van der Waals surface area contributed by atoms with Crippen molar-refractivity contribution in [3.63, 3.8) is 0 Å². The van der Waals surface area contributed by atoms with Gasteiger partial charge in [0, 0.05) is 18.8 Å². The van der Waals surface area contributed by atoms with Crippen molar-refractivity contribution in [2.45, 2.75) is 26.2 Å². The molecule has 0 radical (unpaired) electrons. The second kappa shape index (κ2) is 8.51. The van der Waals surface area contributed by atoms with Crippen LogP contribution in [0.3, 0.4) is 0 Å². The topological polar surface area (TPSA) is 87.3 Å². The average molecular weight is 313 g/mol. The first-order chi connectivity index (χ1) is 9.90. The Balaban J connectivity index is 2.28. The van der Waals surface area contributed by atoms with Gasteiger partial charge in [0.05, 0.1) is 6.26 Å². The van der Waals surface area contributed by atoms with Gasteiger partial charge in [0.1, 0.15) is 0 Å². The Morgan fingerprint density at radius 2 is 1.71 bits per heavy atom. The fourth-order valence-corrected chi connectivity index (χ4v) is 2.31. The first kappa shape index (κ1) is 17.3. The van der Waals surface area contributed by atoms with Crippen LogP contribution in [0, 0.1) is 0 Å². The van der Waals surface area contributed by atoms with Crippen LogP contribution in [-0.2, 0) is 16.4 Å². The van der Waals surface area contributed by atoms with Gasteiger partial charge in [-0.15, -0.1) is 0 Å². The lowest BCUT2D eigenvalue weighted by Crippen LogP contribution is -2.36. The molecular weight excluding hydrogens is 290 g/mol. The maximum Gasteiger partial charge on any atom is 0.314 e.